The summed E-state index contributed by atoms with van der Waals surface area (Å²) in [6.45, 7) is 0. The summed E-state index contributed by atoms with van der Waals surface area (Å²) in [4.78, 5) is 10.3. The van der Waals surface area contributed by atoms with E-state index in [2.05, 4.69) is 16.4 Å². The predicted molar refractivity (Wildman–Crippen MR) is 130 cm³/mol. The first-order valence-electron chi connectivity index (χ1n) is 10.6. The van der Waals surface area contributed by atoms with Crippen molar-refractivity contribution < 1.29 is 9.47 Å². The number of benzene rings is 1. The molecule has 2 heterocycles. The third-order valence-electron chi connectivity index (χ3n) is 5.72. The van der Waals surface area contributed by atoms with Crippen LogP contribution in [-0.4, -0.2) is 30.4 Å². The Hall–Kier alpha value is -2.76. The van der Waals surface area contributed by atoms with Crippen molar-refractivity contribution in [1.82, 2.24) is 9.97 Å². The standard InChI is InChI=1S/C24H26N4O2S2/c1-29-17-11-16(12-18(13-17)30-2)27-24-26-10-9-20(28-24)22-21(15-7-5-4-6-8-15)19(14-25)23(31-3)32-22/h9-13,15H,4-8H2,1-3H3,(H,26,27,28). The van der Waals surface area contributed by atoms with Crippen LogP contribution in [0.4, 0.5) is 11.6 Å². The zero-order valence-corrected chi connectivity index (χ0v) is 20.1. The van der Waals surface area contributed by atoms with Gasteiger partial charge in [0.15, 0.2) is 0 Å². The molecule has 0 aliphatic heterocycles. The van der Waals surface area contributed by atoms with Gasteiger partial charge < -0.3 is 14.8 Å². The van der Waals surface area contributed by atoms with Gasteiger partial charge in [0.25, 0.3) is 0 Å². The van der Waals surface area contributed by atoms with E-state index in [4.69, 9.17) is 14.5 Å². The molecule has 0 amide bonds. The SMILES string of the molecule is COc1cc(Nc2nccc(-c3sc(SC)c(C#N)c3C3CCCCC3)n2)cc(OC)c1. The fraction of sp³-hybridized carbons (Fsp3) is 0.375. The maximum Gasteiger partial charge on any atom is 0.227 e. The Kier molecular flexibility index (Phi) is 7.18. The molecule has 4 rings (SSSR count). The van der Waals surface area contributed by atoms with Gasteiger partial charge in [-0.15, -0.1) is 23.1 Å². The molecule has 1 aliphatic rings. The van der Waals surface area contributed by atoms with Crippen LogP contribution in [-0.2, 0) is 0 Å². The summed E-state index contributed by atoms with van der Waals surface area (Å²) in [5.41, 5.74) is 3.63. The topological polar surface area (TPSA) is 80.1 Å². The molecule has 0 bridgehead atoms. The number of methoxy groups -OCH3 is 2. The second-order valence-corrected chi connectivity index (χ2v) is 9.75. The number of rotatable bonds is 7. The highest BCUT2D eigenvalue weighted by Gasteiger charge is 2.27. The van der Waals surface area contributed by atoms with Crippen molar-refractivity contribution in [2.75, 3.05) is 25.8 Å². The molecular formula is C24H26N4O2S2. The first-order chi connectivity index (χ1) is 15.7. The number of thiophene rings is 1. The van der Waals surface area contributed by atoms with Gasteiger partial charge in [-0.1, -0.05) is 19.3 Å². The number of anilines is 2. The summed E-state index contributed by atoms with van der Waals surface area (Å²) in [6.07, 6.45) is 9.76. The van der Waals surface area contributed by atoms with Crippen molar-refractivity contribution in [3.63, 3.8) is 0 Å². The molecule has 0 unspecified atom stereocenters. The minimum Gasteiger partial charge on any atom is -0.497 e. The van der Waals surface area contributed by atoms with Crippen LogP contribution in [0.1, 0.15) is 49.1 Å². The maximum atomic E-state index is 9.94. The number of aromatic nitrogens is 2. The van der Waals surface area contributed by atoms with Crippen LogP contribution in [0.5, 0.6) is 11.5 Å². The van der Waals surface area contributed by atoms with E-state index in [9.17, 15) is 5.26 Å². The second-order valence-electron chi connectivity index (χ2n) is 7.65. The molecule has 1 aromatic carbocycles. The van der Waals surface area contributed by atoms with Gasteiger partial charge in [0.2, 0.25) is 5.95 Å². The number of ether oxygens (including phenoxy) is 2. The predicted octanol–water partition coefficient (Wildman–Crippen LogP) is 6.61. The molecule has 1 aliphatic carbocycles. The van der Waals surface area contributed by atoms with E-state index in [1.165, 1.54) is 24.8 Å². The van der Waals surface area contributed by atoms with E-state index in [1.54, 1.807) is 43.5 Å². The maximum absolute atomic E-state index is 9.94. The third kappa shape index (κ3) is 4.69. The first kappa shape index (κ1) is 22.4. The van der Waals surface area contributed by atoms with Crippen molar-refractivity contribution in [3.8, 4) is 28.1 Å². The molecule has 8 heteroatoms. The van der Waals surface area contributed by atoms with Crippen LogP contribution in [0, 0.1) is 11.3 Å². The molecule has 1 N–H and O–H groups in total. The van der Waals surface area contributed by atoms with Gasteiger partial charge in [-0.2, -0.15) is 5.26 Å². The quantitative estimate of drug-likeness (QED) is 0.393. The summed E-state index contributed by atoms with van der Waals surface area (Å²) >= 11 is 3.30. The van der Waals surface area contributed by atoms with E-state index in [0.29, 0.717) is 23.4 Å². The number of hydrogen-bond donors (Lipinski definition) is 1. The Morgan fingerprint density at radius 3 is 2.47 bits per heavy atom. The largest absolute Gasteiger partial charge is 0.497 e. The molecule has 0 saturated heterocycles. The molecule has 2 aromatic heterocycles. The molecule has 6 nitrogen and oxygen atoms in total. The van der Waals surface area contributed by atoms with Crippen LogP contribution < -0.4 is 14.8 Å². The summed E-state index contributed by atoms with van der Waals surface area (Å²) in [7, 11) is 3.24. The highest BCUT2D eigenvalue weighted by Crippen LogP contribution is 2.47. The zero-order valence-electron chi connectivity index (χ0n) is 18.5. The summed E-state index contributed by atoms with van der Waals surface area (Å²) < 4.78 is 11.8. The van der Waals surface area contributed by atoms with E-state index < -0.39 is 0 Å². The molecule has 166 valence electrons. The number of nitriles is 1. The lowest BCUT2D eigenvalue weighted by atomic mass is 9.82. The number of nitrogens with zero attached hydrogens (tertiary/aromatic N) is 3. The molecule has 0 spiro atoms. The van der Waals surface area contributed by atoms with Crippen LogP contribution in [0.2, 0.25) is 0 Å². The Bertz CT molecular complexity index is 1110. The Morgan fingerprint density at radius 2 is 1.84 bits per heavy atom. The molecule has 1 saturated carbocycles. The average Bonchev–Trinajstić information content (AvgIpc) is 3.23. The molecule has 3 aromatic rings. The van der Waals surface area contributed by atoms with Gasteiger partial charge in [-0.05, 0) is 36.6 Å². The van der Waals surface area contributed by atoms with Crippen LogP contribution >= 0.6 is 23.1 Å². The lowest BCUT2D eigenvalue weighted by Crippen LogP contribution is -2.07. The minimum atomic E-state index is 0.416. The summed E-state index contributed by atoms with van der Waals surface area (Å²) in [5, 5.41) is 13.2. The number of nitrogens with one attached hydrogen (secondary N) is 1. The highest BCUT2D eigenvalue weighted by molar-refractivity contribution is 8.00. The van der Waals surface area contributed by atoms with Crippen molar-refractivity contribution in [2.45, 2.75) is 42.2 Å². The zero-order chi connectivity index (χ0) is 22.5. The van der Waals surface area contributed by atoms with Crippen molar-refractivity contribution in [3.05, 3.63) is 41.6 Å². The van der Waals surface area contributed by atoms with Gasteiger partial charge in [0, 0.05) is 30.1 Å². The Morgan fingerprint density at radius 1 is 1.12 bits per heavy atom. The number of thioether (sulfide) groups is 1. The van der Waals surface area contributed by atoms with Crippen LogP contribution in [0.3, 0.4) is 0 Å². The minimum absolute atomic E-state index is 0.416. The lowest BCUT2D eigenvalue weighted by molar-refractivity contribution is 0.395. The number of hydrogen-bond acceptors (Lipinski definition) is 8. The summed E-state index contributed by atoms with van der Waals surface area (Å²) in [5.74, 6) is 2.28. The van der Waals surface area contributed by atoms with Crippen molar-refractivity contribution in [1.29, 1.82) is 5.26 Å². The highest BCUT2D eigenvalue weighted by atomic mass is 32.2. The third-order valence-corrected chi connectivity index (χ3v) is 8.07. The fourth-order valence-corrected chi connectivity index (χ4v) is 6.18. The van der Waals surface area contributed by atoms with Gasteiger partial charge in [-0.3, -0.25) is 0 Å². The molecule has 1 fully saturated rings. The fourth-order valence-electron chi connectivity index (χ4n) is 4.20. The second kappa shape index (κ2) is 10.2. The average molecular weight is 467 g/mol. The van der Waals surface area contributed by atoms with Crippen LogP contribution in [0.25, 0.3) is 10.6 Å². The Balaban J connectivity index is 1.72. The first-order valence-corrected chi connectivity index (χ1v) is 12.6. The van der Waals surface area contributed by atoms with Gasteiger partial charge in [-0.25, -0.2) is 9.97 Å². The van der Waals surface area contributed by atoms with Gasteiger partial charge >= 0.3 is 0 Å². The normalized spacial score (nSPS) is 14.1. The monoisotopic (exact) mass is 466 g/mol. The molecule has 0 radical (unpaired) electrons. The molecule has 0 atom stereocenters. The molecule has 32 heavy (non-hydrogen) atoms. The smallest absolute Gasteiger partial charge is 0.227 e. The van der Waals surface area contributed by atoms with E-state index in [0.717, 1.165) is 38.9 Å². The summed E-state index contributed by atoms with van der Waals surface area (Å²) in [6, 6.07) is 9.98. The van der Waals surface area contributed by atoms with Crippen molar-refractivity contribution in [2.24, 2.45) is 0 Å². The van der Waals surface area contributed by atoms with Gasteiger partial charge in [0.05, 0.1) is 34.6 Å². The van der Waals surface area contributed by atoms with E-state index >= 15 is 0 Å². The van der Waals surface area contributed by atoms with Crippen molar-refractivity contribution >= 4 is 34.7 Å². The van der Waals surface area contributed by atoms with E-state index in [-0.39, 0.29) is 0 Å². The Labute approximate surface area is 197 Å². The van der Waals surface area contributed by atoms with Crippen LogP contribution in [0.15, 0.2) is 34.7 Å². The van der Waals surface area contributed by atoms with E-state index in [1.807, 2.05) is 30.5 Å². The van der Waals surface area contributed by atoms with Gasteiger partial charge in [0.1, 0.15) is 17.6 Å². The lowest BCUT2D eigenvalue weighted by Gasteiger charge is -2.22. The molecular weight excluding hydrogens is 440 g/mol.